The summed E-state index contributed by atoms with van der Waals surface area (Å²) in [6.45, 7) is 8.75. The van der Waals surface area contributed by atoms with Gasteiger partial charge in [0.2, 0.25) is 0 Å². The molecule has 0 bridgehead atoms. The van der Waals surface area contributed by atoms with E-state index in [0.717, 1.165) is 54.4 Å². The first-order valence-corrected chi connectivity index (χ1v) is 13.6. The lowest BCUT2D eigenvalue weighted by atomic mass is 9.97. The number of likely N-dealkylation sites (N-methyl/N-ethyl adjacent to an activating group) is 1. The quantitative estimate of drug-likeness (QED) is 0.409. The van der Waals surface area contributed by atoms with Crippen molar-refractivity contribution in [1.82, 2.24) is 24.3 Å². The molecule has 2 aliphatic heterocycles. The second kappa shape index (κ2) is 11.1. The number of ether oxygens (including phenoxy) is 1. The van der Waals surface area contributed by atoms with E-state index in [9.17, 15) is 4.79 Å². The Bertz CT molecular complexity index is 1360. The fourth-order valence-corrected chi connectivity index (χ4v) is 5.04. The zero-order valence-corrected chi connectivity index (χ0v) is 23.6. The molecule has 0 radical (unpaired) electrons. The number of fused-ring (bicyclic) bond motifs is 1. The molecule has 0 saturated heterocycles. The topological polar surface area (TPSA) is 87.6 Å². The fourth-order valence-electron chi connectivity index (χ4n) is 5.04. The molecule has 0 saturated carbocycles. The number of nitrogens with one attached hydrogen (secondary N) is 2. The zero-order chi connectivity index (χ0) is 27.6. The van der Waals surface area contributed by atoms with Gasteiger partial charge in [-0.05, 0) is 65.1 Å². The van der Waals surface area contributed by atoms with Gasteiger partial charge in [0, 0.05) is 61.3 Å². The summed E-state index contributed by atoms with van der Waals surface area (Å²) in [5.41, 5.74) is 6.31. The lowest BCUT2D eigenvalue weighted by Crippen LogP contribution is -2.40. The van der Waals surface area contributed by atoms with Crippen molar-refractivity contribution in [2.24, 2.45) is 0 Å². The van der Waals surface area contributed by atoms with E-state index < -0.39 is 5.60 Å². The second-order valence-electron chi connectivity index (χ2n) is 11.5. The number of hydrogen-bond donors (Lipinski definition) is 2. The number of hydrogen-bond acceptors (Lipinski definition) is 7. The Kier molecular flexibility index (Phi) is 7.61. The highest BCUT2D eigenvalue weighted by Gasteiger charge is 2.30. The third-order valence-corrected chi connectivity index (χ3v) is 7.06. The molecule has 0 spiro atoms. The molecule has 2 aromatic heterocycles. The van der Waals surface area contributed by atoms with Gasteiger partial charge in [-0.1, -0.05) is 18.2 Å². The average molecular weight is 530 g/mol. The van der Waals surface area contributed by atoms with Crippen molar-refractivity contribution in [3.05, 3.63) is 66.3 Å². The molecule has 206 valence electrons. The Morgan fingerprint density at radius 3 is 2.85 bits per heavy atom. The smallest absolute Gasteiger partial charge is 0.410 e. The van der Waals surface area contributed by atoms with Gasteiger partial charge >= 0.3 is 6.09 Å². The standard InChI is InChI=1S/C30H39N7O2/c1-30(2,3)39-29(38)36-13-10-21(11-14-36)26-18-24-25(9-12-32-28(24)34-26)33-23-8-6-7-22(17-23)27-19-31-20-37(27)16-15-35(4)5/h6-10,12,17,19-20,26H,11,13-16,18H2,1-5H3,(H2,32,33,34). The number of amides is 1. The summed E-state index contributed by atoms with van der Waals surface area (Å²) < 4.78 is 7.73. The third kappa shape index (κ3) is 6.42. The molecule has 0 aliphatic carbocycles. The van der Waals surface area contributed by atoms with Crippen LogP contribution >= 0.6 is 0 Å². The van der Waals surface area contributed by atoms with E-state index in [1.54, 1.807) is 4.90 Å². The van der Waals surface area contributed by atoms with Crippen LogP contribution < -0.4 is 10.6 Å². The molecule has 0 fully saturated rings. The van der Waals surface area contributed by atoms with Crippen LogP contribution in [0.4, 0.5) is 22.0 Å². The molecule has 9 nitrogen and oxygen atoms in total. The van der Waals surface area contributed by atoms with Crippen molar-refractivity contribution in [3.8, 4) is 11.3 Å². The van der Waals surface area contributed by atoms with Crippen LogP contribution in [0.1, 0.15) is 32.8 Å². The van der Waals surface area contributed by atoms with Crippen molar-refractivity contribution in [2.45, 2.75) is 51.8 Å². The maximum Gasteiger partial charge on any atom is 0.410 e. The lowest BCUT2D eigenvalue weighted by Gasteiger charge is -2.31. The van der Waals surface area contributed by atoms with E-state index in [1.807, 2.05) is 45.6 Å². The SMILES string of the molecule is CN(C)CCn1cncc1-c1cccc(Nc2ccnc3c2CC(C2=CCN(C(=O)OC(C)(C)C)CC2)N3)c1. The number of pyridine rings is 1. The van der Waals surface area contributed by atoms with Crippen LogP contribution in [0.5, 0.6) is 0 Å². The highest BCUT2D eigenvalue weighted by atomic mass is 16.6. The first kappa shape index (κ1) is 26.7. The highest BCUT2D eigenvalue weighted by molar-refractivity contribution is 5.74. The van der Waals surface area contributed by atoms with Crippen LogP contribution in [0.2, 0.25) is 0 Å². The molecule has 1 aromatic carbocycles. The summed E-state index contributed by atoms with van der Waals surface area (Å²) in [5.74, 6) is 0.915. The van der Waals surface area contributed by atoms with Gasteiger partial charge in [0.15, 0.2) is 0 Å². The monoisotopic (exact) mass is 529 g/mol. The molecule has 3 aromatic rings. The van der Waals surface area contributed by atoms with Crippen molar-refractivity contribution < 1.29 is 9.53 Å². The van der Waals surface area contributed by atoms with E-state index in [2.05, 4.69) is 74.5 Å². The summed E-state index contributed by atoms with van der Waals surface area (Å²) in [4.78, 5) is 25.4. The lowest BCUT2D eigenvalue weighted by molar-refractivity contribution is 0.0265. The maximum atomic E-state index is 12.4. The Morgan fingerprint density at radius 1 is 1.26 bits per heavy atom. The van der Waals surface area contributed by atoms with Gasteiger partial charge in [0.1, 0.15) is 11.4 Å². The molecule has 1 unspecified atom stereocenters. The number of carbonyl (C=O) groups excluding carboxylic acids is 1. The van der Waals surface area contributed by atoms with Gasteiger partial charge in [-0.3, -0.25) is 0 Å². The maximum absolute atomic E-state index is 12.4. The Labute approximate surface area is 230 Å². The van der Waals surface area contributed by atoms with Crippen molar-refractivity contribution in [1.29, 1.82) is 0 Å². The largest absolute Gasteiger partial charge is 0.444 e. The van der Waals surface area contributed by atoms with E-state index in [4.69, 9.17) is 4.74 Å². The number of aromatic nitrogens is 3. The minimum absolute atomic E-state index is 0.175. The number of carbonyl (C=O) groups is 1. The van der Waals surface area contributed by atoms with Crippen molar-refractivity contribution >= 4 is 23.3 Å². The number of benzene rings is 1. The Hall–Kier alpha value is -3.85. The summed E-state index contributed by atoms with van der Waals surface area (Å²) in [6, 6.07) is 10.7. The van der Waals surface area contributed by atoms with Gasteiger partial charge in [-0.15, -0.1) is 0 Å². The van der Waals surface area contributed by atoms with Gasteiger partial charge in [-0.2, -0.15) is 0 Å². The molecule has 2 aliphatic rings. The average Bonchev–Trinajstić information content (AvgIpc) is 3.55. The zero-order valence-electron chi connectivity index (χ0n) is 23.6. The number of nitrogens with zero attached hydrogens (tertiary/aromatic N) is 5. The summed E-state index contributed by atoms with van der Waals surface area (Å²) in [6.07, 6.45) is 9.24. The van der Waals surface area contributed by atoms with Gasteiger partial charge in [0.25, 0.3) is 0 Å². The van der Waals surface area contributed by atoms with Crippen LogP contribution in [-0.2, 0) is 17.7 Å². The van der Waals surface area contributed by atoms with Gasteiger partial charge in [0.05, 0.1) is 24.3 Å². The molecule has 39 heavy (non-hydrogen) atoms. The van der Waals surface area contributed by atoms with Crippen LogP contribution in [0.25, 0.3) is 11.3 Å². The molecule has 2 N–H and O–H groups in total. The van der Waals surface area contributed by atoms with Crippen LogP contribution in [0.3, 0.4) is 0 Å². The number of rotatable bonds is 7. The second-order valence-corrected chi connectivity index (χ2v) is 11.5. The predicted molar refractivity (Wildman–Crippen MR) is 155 cm³/mol. The first-order valence-electron chi connectivity index (χ1n) is 13.6. The van der Waals surface area contributed by atoms with Crippen molar-refractivity contribution in [3.63, 3.8) is 0 Å². The predicted octanol–water partition coefficient (Wildman–Crippen LogP) is 5.15. The Morgan fingerprint density at radius 2 is 2.10 bits per heavy atom. The minimum Gasteiger partial charge on any atom is -0.444 e. The van der Waals surface area contributed by atoms with E-state index in [0.29, 0.717) is 13.1 Å². The van der Waals surface area contributed by atoms with Gasteiger partial charge < -0.3 is 29.7 Å². The minimum atomic E-state index is -0.488. The Balaban J connectivity index is 1.27. The number of imidazole rings is 1. The molecule has 1 amide bonds. The van der Waals surface area contributed by atoms with Crippen LogP contribution in [0, 0.1) is 0 Å². The van der Waals surface area contributed by atoms with E-state index in [-0.39, 0.29) is 12.1 Å². The van der Waals surface area contributed by atoms with Gasteiger partial charge in [-0.25, -0.2) is 14.8 Å². The summed E-state index contributed by atoms with van der Waals surface area (Å²) in [5, 5.41) is 7.24. The summed E-state index contributed by atoms with van der Waals surface area (Å²) in [7, 11) is 4.16. The molecular formula is C30H39N7O2. The molecule has 5 rings (SSSR count). The van der Waals surface area contributed by atoms with Crippen LogP contribution in [0.15, 0.2) is 60.7 Å². The fraction of sp³-hybridized carbons (Fsp3) is 0.433. The first-order chi connectivity index (χ1) is 18.7. The molecule has 4 heterocycles. The number of anilines is 3. The van der Waals surface area contributed by atoms with E-state index >= 15 is 0 Å². The molecule has 1 atom stereocenters. The van der Waals surface area contributed by atoms with E-state index in [1.165, 1.54) is 11.1 Å². The summed E-state index contributed by atoms with van der Waals surface area (Å²) >= 11 is 0. The molecular weight excluding hydrogens is 490 g/mol. The normalized spacial score (nSPS) is 17.0. The third-order valence-electron chi connectivity index (χ3n) is 7.06. The highest BCUT2D eigenvalue weighted by Crippen LogP contribution is 2.36. The van der Waals surface area contributed by atoms with Crippen LogP contribution in [-0.4, -0.2) is 75.8 Å². The van der Waals surface area contributed by atoms with Crippen molar-refractivity contribution in [2.75, 3.05) is 44.4 Å². The molecule has 9 heteroatoms.